The average molecular weight is 367 g/mol. The number of carbonyl (C=O) groups is 2. The van der Waals surface area contributed by atoms with Crippen molar-refractivity contribution in [3.8, 4) is 0 Å². The second-order valence-electron chi connectivity index (χ2n) is 6.82. The van der Waals surface area contributed by atoms with Gasteiger partial charge in [0.2, 0.25) is 0 Å². The molecule has 0 aliphatic rings. The molecule has 3 N–H and O–H groups in total. The minimum atomic E-state index is -0.612. The molecule has 8 heteroatoms. The van der Waals surface area contributed by atoms with Gasteiger partial charge in [0.25, 0.3) is 0 Å². The minimum Gasteiger partial charge on any atom is -0.444 e. The standard InChI is InChI=1S/C18H29N3O5/c1-18(2,3)26-16(23)20-15(10-11-22)12-19-21(4)17(24)25-13-14-8-6-5-7-9-14/h5-9,15,19,22H,10-13H2,1-4H3,(H,20,23)/t15-/m1/s1. The van der Waals surface area contributed by atoms with E-state index in [-0.39, 0.29) is 19.8 Å². The molecule has 0 fully saturated rings. The fourth-order valence-corrected chi connectivity index (χ4v) is 1.98. The molecule has 0 saturated heterocycles. The van der Waals surface area contributed by atoms with Gasteiger partial charge in [-0.25, -0.2) is 20.0 Å². The third-order valence-electron chi connectivity index (χ3n) is 3.25. The van der Waals surface area contributed by atoms with Gasteiger partial charge in [-0.2, -0.15) is 0 Å². The summed E-state index contributed by atoms with van der Waals surface area (Å²) in [5.41, 5.74) is 3.13. The predicted molar refractivity (Wildman–Crippen MR) is 97.3 cm³/mol. The molecule has 26 heavy (non-hydrogen) atoms. The van der Waals surface area contributed by atoms with E-state index in [1.54, 1.807) is 20.8 Å². The second kappa shape index (κ2) is 10.6. The van der Waals surface area contributed by atoms with Gasteiger partial charge in [0.1, 0.15) is 12.2 Å². The molecule has 146 valence electrons. The second-order valence-corrected chi connectivity index (χ2v) is 6.82. The third kappa shape index (κ3) is 9.24. The number of alkyl carbamates (subject to hydrolysis) is 1. The van der Waals surface area contributed by atoms with Crippen LogP contribution in [0.1, 0.15) is 32.8 Å². The average Bonchev–Trinajstić information content (AvgIpc) is 2.56. The van der Waals surface area contributed by atoms with Crippen LogP contribution < -0.4 is 10.7 Å². The van der Waals surface area contributed by atoms with Gasteiger partial charge in [0.15, 0.2) is 0 Å². The molecule has 0 spiro atoms. The van der Waals surface area contributed by atoms with Gasteiger partial charge in [-0.15, -0.1) is 0 Å². The topological polar surface area (TPSA) is 100 Å². The summed E-state index contributed by atoms with van der Waals surface area (Å²) in [6, 6.07) is 8.95. The SMILES string of the molecule is CN(NC[C@@H](CCO)NC(=O)OC(C)(C)C)C(=O)OCc1ccccc1. The number of ether oxygens (including phenoxy) is 2. The number of aliphatic hydroxyl groups is 1. The molecular formula is C18H29N3O5. The van der Waals surface area contributed by atoms with E-state index in [0.29, 0.717) is 6.42 Å². The van der Waals surface area contributed by atoms with E-state index in [4.69, 9.17) is 14.6 Å². The first-order valence-corrected chi connectivity index (χ1v) is 8.49. The molecule has 0 aliphatic heterocycles. The first kappa shape index (κ1) is 21.7. The highest BCUT2D eigenvalue weighted by molar-refractivity contribution is 5.68. The fraction of sp³-hybridized carbons (Fsp3) is 0.556. The zero-order valence-electron chi connectivity index (χ0n) is 15.8. The van der Waals surface area contributed by atoms with Crippen LogP contribution in [-0.2, 0) is 16.1 Å². The van der Waals surface area contributed by atoms with Crippen LogP contribution >= 0.6 is 0 Å². The van der Waals surface area contributed by atoms with Crippen molar-refractivity contribution in [2.75, 3.05) is 20.2 Å². The van der Waals surface area contributed by atoms with E-state index in [2.05, 4.69) is 10.7 Å². The highest BCUT2D eigenvalue weighted by atomic mass is 16.6. The number of hydrogen-bond donors (Lipinski definition) is 3. The lowest BCUT2D eigenvalue weighted by molar-refractivity contribution is 0.0486. The van der Waals surface area contributed by atoms with Gasteiger partial charge in [0, 0.05) is 26.2 Å². The Balaban J connectivity index is 2.41. The van der Waals surface area contributed by atoms with Crippen molar-refractivity contribution in [1.29, 1.82) is 0 Å². The van der Waals surface area contributed by atoms with E-state index < -0.39 is 23.8 Å². The molecule has 0 unspecified atom stereocenters. The number of hydrogen-bond acceptors (Lipinski definition) is 6. The molecule has 1 aromatic carbocycles. The molecular weight excluding hydrogens is 338 g/mol. The van der Waals surface area contributed by atoms with Crippen LogP contribution in [0, 0.1) is 0 Å². The molecule has 1 atom stereocenters. The Morgan fingerprint density at radius 2 is 1.88 bits per heavy atom. The van der Waals surface area contributed by atoms with E-state index in [9.17, 15) is 9.59 Å². The summed E-state index contributed by atoms with van der Waals surface area (Å²) in [5.74, 6) is 0. The van der Waals surface area contributed by atoms with Crippen molar-refractivity contribution in [1.82, 2.24) is 15.8 Å². The Morgan fingerprint density at radius 1 is 1.23 bits per heavy atom. The number of nitrogens with zero attached hydrogens (tertiary/aromatic N) is 1. The van der Waals surface area contributed by atoms with Crippen molar-refractivity contribution < 1.29 is 24.2 Å². The molecule has 1 aromatic rings. The Bertz CT molecular complexity index is 560. The normalized spacial score (nSPS) is 12.2. The van der Waals surface area contributed by atoms with Crippen LogP contribution in [0.4, 0.5) is 9.59 Å². The summed E-state index contributed by atoms with van der Waals surface area (Å²) < 4.78 is 10.4. The summed E-state index contributed by atoms with van der Waals surface area (Å²) in [6.07, 6.45) is -0.806. The Labute approximate surface area is 154 Å². The van der Waals surface area contributed by atoms with E-state index in [1.165, 1.54) is 12.1 Å². The maximum Gasteiger partial charge on any atom is 0.424 e. The molecule has 8 nitrogen and oxygen atoms in total. The van der Waals surface area contributed by atoms with Crippen LogP contribution in [0.3, 0.4) is 0 Å². The van der Waals surface area contributed by atoms with Crippen LogP contribution in [0.15, 0.2) is 30.3 Å². The van der Waals surface area contributed by atoms with Gasteiger partial charge >= 0.3 is 12.2 Å². The molecule has 1 rings (SSSR count). The minimum absolute atomic E-state index is 0.107. The van der Waals surface area contributed by atoms with Crippen molar-refractivity contribution in [3.63, 3.8) is 0 Å². The quantitative estimate of drug-likeness (QED) is 0.608. The summed E-state index contributed by atoms with van der Waals surface area (Å²) >= 11 is 0. The van der Waals surface area contributed by atoms with Gasteiger partial charge in [-0.05, 0) is 32.8 Å². The smallest absolute Gasteiger partial charge is 0.424 e. The van der Waals surface area contributed by atoms with Crippen molar-refractivity contribution in [3.05, 3.63) is 35.9 Å². The third-order valence-corrected chi connectivity index (χ3v) is 3.25. The van der Waals surface area contributed by atoms with Crippen molar-refractivity contribution in [2.45, 2.75) is 45.4 Å². The number of benzene rings is 1. The zero-order valence-corrected chi connectivity index (χ0v) is 15.8. The van der Waals surface area contributed by atoms with E-state index in [0.717, 1.165) is 5.56 Å². The first-order chi connectivity index (χ1) is 12.2. The summed E-state index contributed by atoms with van der Waals surface area (Å²) in [4.78, 5) is 23.8. The van der Waals surface area contributed by atoms with E-state index >= 15 is 0 Å². The number of aliphatic hydroxyl groups excluding tert-OH is 1. The number of rotatable bonds is 8. The lowest BCUT2D eigenvalue weighted by atomic mass is 10.2. The van der Waals surface area contributed by atoms with Gasteiger partial charge in [-0.3, -0.25) is 0 Å². The molecule has 0 saturated carbocycles. The number of carbonyl (C=O) groups excluding carboxylic acids is 2. The van der Waals surface area contributed by atoms with Crippen LogP contribution in [-0.4, -0.2) is 54.1 Å². The molecule has 0 bridgehead atoms. The lowest BCUT2D eigenvalue weighted by Gasteiger charge is -2.25. The number of amides is 2. The number of nitrogens with one attached hydrogen (secondary N) is 2. The summed E-state index contributed by atoms with van der Waals surface area (Å²) in [5, 5.41) is 13.0. The molecule has 0 aliphatic carbocycles. The Kier molecular flexibility index (Phi) is 8.87. The highest BCUT2D eigenvalue weighted by Crippen LogP contribution is 2.07. The van der Waals surface area contributed by atoms with Gasteiger partial charge < -0.3 is 19.9 Å². The van der Waals surface area contributed by atoms with Crippen molar-refractivity contribution >= 4 is 12.2 Å². The summed E-state index contributed by atoms with van der Waals surface area (Å²) in [7, 11) is 1.52. The molecule has 2 amide bonds. The molecule has 0 aromatic heterocycles. The van der Waals surface area contributed by atoms with Gasteiger partial charge in [-0.1, -0.05) is 30.3 Å². The maximum atomic E-state index is 12.0. The number of hydrazine groups is 1. The predicted octanol–water partition coefficient (Wildman–Crippen LogP) is 2.04. The van der Waals surface area contributed by atoms with Crippen LogP contribution in [0.5, 0.6) is 0 Å². The van der Waals surface area contributed by atoms with Crippen LogP contribution in [0.25, 0.3) is 0 Å². The fourth-order valence-electron chi connectivity index (χ4n) is 1.98. The Hall–Kier alpha value is -2.32. The van der Waals surface area contributed by atoms with Crippen LogP contribution in [0.2, 0.25) is 0 Å². The van der Waals surface area contributed by atoms with Gasteiger partial charge in [0.05, 0.1) is 0 Å². The summed E-state index contributed by atoms with van der Waals surface area (Å²) in [6.45, 7) is 5.59. The zero-order chi connectivity index (χ0) is 19.6. The van der Waals surface area contributed by atoms with E-state index in [1.807, 2.05) is 30.3 Å². The maximum absolute atomic E-state index is 12.0. The highest BCUT2D eigenvalue weighted by Gasteiger charge is 2.20. The monoisotopic (exact) mass is 367 g/mol. The molecule has 0 radical (unpaired) electrons. The largest absolute Gasteiger partial charge is 0.444 e. The first-order valence-electron chi connectivity index (χ1n) is 8.49. The van der Waals surface area contributed by atoms with Crippen molar-refractivity contribution in [2.24, 2.45) is 0 Å². The lowest BCUT2D eigenvalue weighted by Crippen LogP contribution is -2.49. The molecule has 0 heterocycles. The Morgan fingerprint density at radius 3 is 2.46 bits per heavy atom.